The first-order chi connectivity index (χ1) is 17.0. The second-order valence-corrected chi connectivity index (χ2v) is 8.07. The lowest BCUT2D eigenvalue weighted by atomic mass is 10.1. The van der Waals surface area contributed by atoms with Crippen molar-refractivity contribution in [3.05, 3.63) is 39.4 Å². The highest BCUT2D eigenvalue weighted by Crippen LogP contribution is 2.38. The van der Waals surface area contributed by atoms with Gasteiger partial charge in [0.1, 0.15) is 17.5 Å². The highest BCUT2D eigenvalue weighted by atomic mass is 32.2. The maximum absolute atomic E-state index is 13.1. The average Bonchev–Trinajstić information content (AvgIpc) is 2.81. The number of carboxylic acid groups (broad SMARTS) is 1. The van der Waals surface area contributed by atoms with Crippen LogP contribution >= 0.6 is 11.8 Å². The maximum Gasteiger partial charge on any atom is 0.373 e. The minimum absolute atomic E-state index is 0.0532. The molecule has 3 unspecified atom stereocenters. The number of aromatic nitrogens is 2. The van der Waals surface area contributed by atoms with Gasteiger partial charge in [0.2, 0.25) is 5.82 Å². The SMILES string of the molecule is CSc1nc(NC(C(=O)O)C(C)O)c([N+](=O)[O-])c(Oc2ccc(C#N)cc2C(=O)OCCC(C)F)n1. The van der Waals surface area contributed by atoms with E-state index in [4.69, 9.17) is 9.47 Å². The number of anilines is 1. The first-order valence-electron chi connectivity index (χ1n) is 10.3. The molecule has 0 fully saturated rings. The van der Waals surface area contributed by atoms with E-state index in [0.29, 0.717) is 0 Å². The van der Waals surface area contributed by atoms with Crippen molar-refractivity contribution in [1.82, 2.24) is 9.97 Å². The Morgan fingerprint density at radius 1 is 1.36 bits per heavy atom. The molecule has 3 atom stereocenters. The summed E-state index contributed by atoms with van der Waals surface area (Å²) in [5.74, 6) is -3.92. The van der Waals surface area contributed by atoms with E-state index < -0.39 is 52.6 Å². The number of nitriles is 1. The van der Waals surface area contributed by atoms with E-state index in [0.717, 1.165) is 17.8 Å². The summed E-state index contributed by atoms with van der Waals surface area (Å²) in [6, 6.07) is 3.79. The molecule has 2 rings (SSSR count). The fraction of sp³-hybridized carbons (Fsp3) is 0.381. The van der Waals surface area contributed by atoms with Crippen LogP contribution in [0, 0.1) is 21.4 Å². The molecule has 192 valence electrons. The molecule has 0 saturated carbocycles. The summed E-state index contributed by atoms with van der Waals surface area (Å²) in [4.78, 5) is 43.0. The minimum atomic E-state index is -1.65. The van der Waals surface area contributed by atoms with Crippen molar-refractivity contribution >= 4 is 35.2 Å². The molecule has 0 aliphatic carbocycles. The summed E-state index contributed by atoms with van der Waals surface area (Å²) < 4.78 is 23.7. The van der Waals surface area contributed by atoms with Crippen LogP contribution in [0.2, 0.25) is 0 Å². The number of nitro groups is 1. The number of halogens is 1. The summed E-state index contributed by atoms with van der Waals surface area (Å²) in [5, 5.41) is 42.5. The van der Waals surface area contributed by atoms with E-state index in [1.165, 1.54) is 26.0 Å². The van der Waals surface area contributed by atoms with Gasteiger partial charge in [0.05, 0.1) is 29.3 Å². The summed E-state index contributed by atoms with van der Waals surface area (Å²) >= 11 is 0.957. The molecular formula is C21H22FN5O8S. The lowest BCUT2D eigenvalue weighted by Crippen LogP contribution is -2.39. The number of ether oxygens (including phenoxy) is 2. The quantitative estimate of drug-likeness (QED) is 0.121. The minimum Gasteiger partial charge on any atom is -0.480 e. The van der Waals surface area contributed by atoms with Crippen LogP contribution in [0.1, 0.15) is 36.2 Å². The summed E-state index contributed by atoms with van der Waals surface area (Å²) in [6.07, 6.45) is -1.20. The van der Waals surface area contributed by atoms with E-state index in [1.807, 2.05) is 6.07 Å². The number of aliphatic hydroxyl groups is 1. The zero-order valence-corrected chi connectivity index (χ0v) is 20.1. The van der Waals surface area contributed by atoms with Gasteiger partial charge in [0, 0.05) is 6.42 Å². The number of aliphatic carboxylic acids is 1. The third-order valence-electron chi connectivity index (χ3n) is 4.52. The number of esters is 1. The standard InChI is InChI=1S/C21H22FN5O8S/c1-10(22)6-7-34-20(31)13-8-12(9-23)4-5-14(13)35-18-16(27(32)33)17(25-21(26-18)36-3)24-15(11(2)28)19(29)30/h4-5,8,10-11,15,28H,6-7H2,1-3H3,(H,29,30)(H,24,25,26). The van der Waals surface area contributed by atoms with Crippen LogP contribution in [0.25, 0.3) is 0 Å². The van der Waals surface area contributed by atoms with Gasteiger partial charge in [0.25, 0.3) is 0 Å². The average molecular weight is 523 g/mol. The number of alkyl halides is 1. The van der Waals surface area contributed by atoms with E-state index in [-0.39, 0.29) is 35.1 Å². The Morgan fingerprint density at radius 2 is 2.06 bits per heavy atom. The molecule has 1 aromatic heterocycles. The number of nitrogens with zero attached hydrogens (tertiary/aromatic N) is 4. The van der Waals surface area contributed by atoms with Gasteiger partial charge in [-0.2, -0.15) is 15.2 Å². The third kappa shape index (κ3) is 7.23. The highest BCUT2D eigenvalue weighted by Gasteiger charge is 2.33. The number of aliphatic hydroxyl groups excluding tert-OH is 1. The Labute approximate surface area is 208 Å². The predicted octanol–water partition coefficient (Wildman–Crippen LogP) is 2.92. The van der Waals surface area contributed by atoms with Crippen molar-refractivity contribution in [3.8, 4) is 17.7 Å². The number of nitrogens with one attached hydrogen (secondary N) is 1. The largest absolute Gasteiger partial charge is 0.480 e. The van der Waals surface area contributed by atoms with Gasteiger partial charge >= 0.3 is 23.5 Å². The van der Waals surface area contributed by atoms with Crippen molar-refractivity contribution in [2.24, 2.45) is 0 Å². The number of thioether (sulfide) groups is 1. The summed E-state index contributed by atoms with van der Waals surface area (Å²) in [7, 11) is 0. The predicted molar refractivity (Wildman–Crippen MR) is 124 cm³/mol. The smallest absolute Gasteiger partial charge is 0.373 e. The van der Waals surface area contributed by atoms with Crippen molar-refractivity contribution in [3.63, 3.8) is 0 Å². The number of carbonyl (C=O) groups is 2. The monoisotopic (exact) mass is 523 g/mol. The normalized spacial score (nSPS) is 13.1. The molecule has 0 aliphatic heterocycles. The summed E-state index contributed by atoms with van der Waals surface area (Å²) in [5.41, 5.74) is -1.09. The number of rotatable bonds is 12. The van der Waals surface area contributed by atoms with E-state index in [1.54, 1.807) is 6.26 Å². The Bertz CT molecular complexity index is 1190. The summed E-state index contributed by atoms with van der Waals surface area (Å²) in [6.45, 7) is 2.19. The fourth-order valence-electron chi connectivity index (χ4n) is 2.72. The van der Waals surface area contributed by atoms with E-state index >= 15 is 0 Å². The number of benzene rings is 1. The van der Waals surface area contributed by atoms with Gasteiger partial charge in [-0.05, 0) is 38.3 Å². The molecule has 13 nitrogen and oxygen atoms in total. The van der Waals surface area contributed by atoms with Crippen molar-refractivity contribution in [2.45, 2.75) is 43.7 Å². The van der Waals surface area contributed by atoms with Crippen molar-refractivity contribution < 1.29 is 38.6 Å². The van der Waals surface area contributed by atoms with Gasteiger partial charge in [-0.3, -0.25) is 10.1 Å². The van der Waals surface area contributed by atoms with Crippen LogP contribution < -0.4 is 10.1 Å². The molecule has 1 aromatic carbocycles. The van der Waals surface area contributed by atoms with Crippen LogP contribution in [-0.4, -0.2) is 68.2 Å². The van der Waals surface area contributed by atoms with Crippen molar-refractivity contribution in [2.75, 3.05) is 18.2 Å². The van der Waals surface area contributed by atoms with Gasteiger partial charge in [-0.25, -0.2) is 14.0 Å². The molecule has 1 heterocycles. The zero-order valence-electron chi connectivity index (χ0n) is 19.3. The molecule has 0 saturated heterocycles. The van der Waals surface area contributed by atoms with E-state index in [9.17, 15) is 39.6 Å². The van der Waals surface area contributed by atoms with Gasteiger partial charge < -0.3 is 25.0 Å². The maximum atomic E-state index is 13.1. The van der Waals surface area contributed by atoms with Crippen LogP contribution in [0.3, 0.4) is 0 Å². The lowest BCUT2D eigenvalue weighted by molar-refractivity contribution is -0.385. The van der Waals surface area contributed by atoms with Gasteiger partial charge in [0.15, 0.2) is 11.2 Å². The van der Waals surface area contributed by atoms with Crippen LogP contribution in [0.4, 0.5) is 15.9 Å². The lowest BCUT2D eigenvalue weighted by Gasteiger charge is -2.18. The number of carbonyl (C=O) groups excluding carboxylic acids is 1. The van der Waals surface area contributed by atoms with Crippen molar-refractivity contribution in [1.29, 1.82) is 5.26 Å². The van der Waals surface area contributed by atoms with Gasteiger partial charge in [-0.1, -0.05) is 11.8 Å². The second-order valence-electron chi connectivity index (χ2n) is 7.30. The Balaban J connectivity index is 2.58. The molecule has 0 radical (unpaired) electrons. The van der Waals surface area contributed by atoms with Crippen LogP contribution in [0.15, 0.2) is 23.4 Å². The Hall–Kier alpha value is -4.03. The number of carboxylic acids is 1. The first kappa shape index (κ1) is 28.2. The third-order valence-corrected chi connectivity index (χ3v) is 5.07. The molecule has 0 aliphatic rings. The Morgan fingerprint density at radius 3 is 2.58 bits per heavy atom. The highest BCUT2D eigenvalue weighted by molar-refractivity contribution is 7.98. The Kier molecular flexibility index (Phi) is 9.88. The van der Waals surface area contributed by atoms with E-state index in [2.05, 4.69) is 15.3 Å². The molecule has 36 heavy (non-hydrogen) atoms. The van der Waals surface area contributed by atoms with Crippen LogP contribution in [0.5, 0.6) is 11.6 Å². The molecule has 15 heteroatoms. The molecule has 3 N–H and O–H groups in total. The molecule has 0 amide bonds. The molecule has 0 spiro atoms. The van der Waals surface area contributed by atoms with Crippen LogP contribution in [-0.2, 0) is 9.53 Å². The second kappa shape index (κ2) is 12.6. The topological polar surface area (TPSA) is 198 Å². The number of hydrogen-bond acceptors (Lipinski definition) is 12. The zero-order chi connectivity index (χ0) is 27.0. The first-order valence-corrected chi connectivity index (χ1v) is 11.5. The number of hydrogen-bond donors (Lipinski definition) is 3. The molecule has 2 aromatic rings. The fourth-order valence-corrected chi connectivity index (χ4v) is 3.08. The molecular weight excluding hydrogens is 501 g/mol. The van der Waals surface area contributed by atoms with Gasteiger partial charge in [-0.15, -0.1) is 0 Å². The molecule has 0 bridgehead atoms.